The first kappa shape index (κ1) is 10.1. The summed E-state index contributed by atoms with van der Waals surface area (Å²) in [5.41, 5.74) is 0.547. The smallest absolute Gasteiger partial charge is 0.247 e. The lowest BCUT2D eigenvalue weighted by Gasteiger charge is -1.95. The van der Waals surface area contributed by atoms with Gasteiger partial charge in [-0.05, 0) is 25.1 Å². The Labute approximate surface area is 90.9 Å². The summed E-state index contributed by atoms with van der Waals surface area (Å²) >= 11 is 5.76. The van der Waals surface area contributed by atoms with Gasteiger partial charge in [-0.15, -0.1) is 21.8 Å². The van der Waals surface area contributed by atoms with Gasteiger partial charge in [-0.1, -0.05) is 6.07 Å². The van der Waals surface area contributed by atoms with Crippen molar-refractivity contribution in [2.24, 2.45) is 0 Å². The molecule has 2 rings (SSSR count). The van der Waals surface area contributed by atoms with Crippen LogP contribution in [0.4, 0.5) is 4.39 Å². The number of halogens is 2. The quantitative estimate of drug-likeness (QED) is 0.739. The molecule has 1 unspecified atom stereocenters. The third-order valence-electron chi connectivity index (χ3n) is 1.85. The molecule has 0 fully saturated rings. The minimum absolute atomic E-state index is 0.275. The largest absolute Gasteiger partial charge is 0.419 e. The standard InChI is InChI=1S/C10H8ClFN2O/c1-6(11)9-13-14-10(15-9)7-3-2-4-8(12)5-7/h2-6H,1H3. The lowest BCUT2D eigenvalue weighted by atomic mass is 10.2. The van der Waals surface area contributed by atoms with E-state index in [4.69, 9.17) is 16.0 Å². The molecule has 0 N–H and O–H groups in total. The second-order valence-corrected chi connectivity index (χ2v) is 3.73. The molecule has 0 bridgehead atoms. The highest BCUT2D eigenvalue weighted by Crippen LogP contribution is 2.23. The van der Waals surface area contributed by atoms with Crippen LogP contribution in [0.1, 0.15) is 18.2 Å². The minimum Gasteiger partial charge on any atom is -0.419 e. The van der Waals surface area contributed by atoms with E-state index in [1.807, 2.05) is 0 Å². The van der Waals surface area contributed by atoms with Crippen LogP contribution in [0, 0.1) is 5.82 Å². The molecular weight excluding hydrogens is 219 g/mol. The lowest BCUT2D eigenvalue weighted by Crippen LogP contribution is -1.81. The van der Waals surface area contributed by atoms with E-state index in [0.29, 0.717) is 11.5 Å². The summed E-state index contributed by atoms with van der Waals surface area (Å²) in [7, 11) is 0. The second kappa shape index (κ2) is 3.98. The molecule has 2 aromatic rings. The van der Waals surface area contributed by atoms with Crippen molar-refractivity contribution < 1.29 is 8.81 Å². The molecule has 0 spiro atoms. The van der Waals surface area contributed by atoms with Crippen LogP contribution in [-0.2, 0) is 0 Å². The third-order valence-corrected chi connectivity index (χ3v) is 2.04. The Balaban J connectivity index is 2.37. The molecule has 15 heavy (non-hydrogen) atoms. The summed E-state index contributed by atoms with van der Waals surface area (Å²) < 4.78 is 18.2. The highest BCUT2D eigenvalue weighted by molar-refractivity contribution is 6.20. The zero-order chi connectivity index (χ0) is 10.8. The maximum atomic E-state index is 12.9. The van der Waals surface area contributed by atoms with Gasteiger partial charge in [0.2, 0.25) is 11.8 Å². The lowest BCUT2D eigenvalue weighted by molar-refractivity contribution is 0.506. The maximum absolute atomic E-state index is 12.9. The van der Waals surface area contributed by atoms with Gasteiger partial charge >= 0.3 is 0 Å². The Morgan fingerprint density at radius 3 is 2.80 bits per heavy atom. The van der Waals surface area contributed by atoms with Crippen molar-refractivity contribution in [2.75, 3.05) is 0 Å². The van der Waals surface area contributed by atoms with Gasteiger partial charge in [0.15, 0.2) is 0 Å². The second-order valence-electron chi connectivity index (χ2n) is 3.07. The zero-order valence-electron chi connectivity index (χ0n) is 7.95. The van der Waals surface area contributed by atoms with Gasteiger partial charge in [-0.25, -0.2) is 4.39 Å². The van der Waals surface area contributed by atoms with E-state index in [9.17, 15) is 4.39 Å². The summed E-state index contributed by atoms with van der Waals surface area (Å²) in [4.78, 5) is 0. The minimum atomic E-state index is -0.347. The molecule has 78 valence electrons. The first-order chi connectivity index (χ1) is 7.16. The van der Waals surface area contributed by atoms with Crippen LogP contribution in [0.5, 0.6) is 0 Å². The highest BCUT2D eigenvalue weighted by atomic mass is 35.5. The van der Waals surface area contributed by atoms with E-state index in [-0.39, 0.29) is 17.1 Å². The first-order valence-electron chi connectivity index (χ1n) is 4.40. The van der Waals surface area contributed by atoms with Gasteiger partial charge in [0, 0.05) is 5.56 Å². The number of hydrogen-bond donors (Lipinski definition) is 0. The predicted molar refractivity (Wildman–Crippen MR) is 54.0 cm³/mol. The van der Waals surface area contributed by atoms with E-state index >= 15 is 0 Å². The van der Waals surface area contributed by atoms with E-state index in [0.717, 1.165) is 0 Å². The van der Waals surface area contributed by atoms with E-state index in [1.54, 1.807) is 19.1 Å². The van der Waals surface area contributed by atoms with Crippen molar-refractivity contribution in [1.29, 1.82) is 0 Å². The molecule has 0 aliphatic rings. The van der Waals surface area contributed by atoms with E-state index in [1.165, 1.54) is 12.1 Å². The summed E-state index contributed by atoms with van der Waals surface area (Å²) in [6.45, 7) is 1.73. The van der Waals surface area contributed by atoms with Crippen molar-refractivity contribution in [1.82, 2.24) is 10.2 Å². The highest BCUT2D eigenvalue weighted by Gasteiger charge is 2.12. The van der Waals surface area contributed by atoms with Crippen molar-refractivity contribution in [3.63, 3.8) is 0 Å². The number of nitrogens with zero attached hydrogens (tertiary/aromatic N) is 2. The molecule has 1 aromatic carbocycles. The zero-order valence-corrected chi connectivity index (χ0v) is 8.70. The molecule has 1 atom stereocenters. The Morgan fingerprint density at radius 1 is 1.40 bits per heavy atom. The van der Waals surface area contributed by atoms with Gasteiger partial charge in [0.25, 0.3) is 0 Å². The molecule has 0 saturated carbocycles. The van der Waals surface area contributed by atoms with Crippen LogP contribution in [-0.4, -0.2) is 10.2 Å². The van der Waals surface area contributed by atoms with Crippen molar-refractivity contribution >= 4 is 11.6 Å². The van der Waals surface area contributed by atoms with Crippen LogP contribution >= 0.6 is 11.6 Å². The summed E-state index contributed by atoms with van der Waals surface area (Å²) in [6, 6.07) is 5.96. The third kappa shape index (κ3) is 2.15. The molecule has 0 saturated heterocycles. The molecule has 1 aromatic heterocycles. The molecule has 0 radical (unpaired) electrons. The van der Waals surface area contributed by atoms with Gasteiger partial charge in [-0.3, -0.25) is 0 Å². The summed E-state index contributed by atoms with van der Waals surface area (Å²) in [6.07, 6.45) is 0. The van der Waals surface area contributed by atoms with Crippen LogP contribution in [0.25, 0.3) is 11.5 Å². The van der Waals surface area contributed by atoms with Gasteiger partial charge in [0.05, 0.1) is 0 Å². The van der Waals surface area contributed by atoms with Crippen molar-refractivity contribution in [3.05, 3.63) is 36.0 Å². The van der Waals surface area contributed by atoms with Crippen LogP contribution in [0.15, 0.2) is 28.7 Å². The van der Waals surface area contributed by atoms with Crippen molar-refractivity contribution in [2.45, 2.75) is 12.3 Å². The summed E-state index contributed by atoms with van der Waals surface area (Å²) in [5.74, 6) is 0.263. The van der Waals surface area contributed by atoms with Crippen LogP contribution < -0.4 is 0 Å². The fraction of sp³-hybridized carbons (Fsp3) is 0.200. The molecule has 0 amide bonds. The first-order valence-corrected chi connectivity index (χ1v) is 4.84. The van der Waals surface area contributed by atoms with Crippen molar-refractivity contribution in [3.8, 4) is 11.5 Å². The Bertz CT molecular complexity index is 470. The fourth-order valence-corrected chi connectivity index (χ4v) is 1.22. The number of hydrogen-bond acceptors (Lipinski definition) is 3. The average Bonchev–Trinajstić information content (AvgIpc) is 2.66. The average molecular weight is 227 g/mol. The molecule has 0 aliphatic heterocycles. The molecule has 3 nitrogen and oxygen atoms in total. The Morgan fingerprint density at radius 2 is 2.20 bits per heavy atom. The van der Waals surface area contributed by atoms with E-state index in [2.05, 4.69) is 10.2 Å². The molecule has 1 heterocycles. The normalized spacial score (nSPS) is 12.7. The number of rotatable bonds is 2. The molecule has 5 heteroatoms. The monoisotopic (exact) mass is 226 g/mol. The maximum Gasteiger partial charge on any atom is 0.247 e. The SMILES string of the molecule is CC(Cl)c1nnc(-c2cccc(F)c2)o1. The fourth-order valence-electron chi connectivity index (χ4n) is 1.13. The van der Waals surface area contributed by atoms with E-state index < -0.39 is 0 Å². The Kier molecular flexibility index (Phi) is 2.68. The van der Waals surface area contributed by atoms with Gasteiger partial charge < -0.3 is 4.42 Å². The van der Waals surface area contributed by atoms with Crippen LogP contribution in [0.2, 0.25) is 0 Å². The molecule has 0 aliphatic carbocycles. The van der Waals surface area contributed by atoms with Crippen LogP contribution in [0.3, 0.4) is 0 Å². The Hall–Kier alpha value is -1.42. The number of alkyl halides is 1. The predicted octanol–water partition coefficient (Wildman–Crippen LogP) is 3.18. The van der Waals surface area contributed by atoms with Gasteiger partial charge in [-0.2, -0.15) is 0 Å². The number of benzene rings is 1. The summed E-state index contributed by atoms with van der Waals surface area (Å²) in [5, 5.41) is 7.18. The molecular formula is C10H8ClFN2O. The number of aromatic nitrogens is 2. The van der Waals surface area contributed by atoms with Gasteiger partial charge in [0.1, 0.15) is 11.2 Å². The topological polar surface area (TPSA) is 38.9 Å².